The van der Waals surface area contributed by atoms with Crippen LogP contribution in [0, 0.1) is 5.82 Å². The molecule has 21 heavy (non-hydrogen) atoms. The fourth-order valence-electron chi connectivity index (χ4n) is 2.50. The molecule has 0 saturated heterocycles. The van der Waals surface area contributed by atoms with Crippen LogP contribution in [0.1, 0.15) is 13.3 Å². The van der Waals surface area contributed by atoms with Gasteiger partial charge in [0.2, 0.25) is 0 Å². The van der Waals surface area contributed by atoms with Gasteiger partial charge in [0.05, 0.1) is 11.0 Å². The highest BCUT2D eigenvalue weighted by molar-refractivity contribution is 5.83. The third kappa shape index (κ3) is 2.20. The van der Waals surface area contributed by atoms with E-state index < -0.39 is 0 Å². The average molecular weight is 286 g/mol. The molecule has 0 saturated carbocycles. The van der Waals surface area contributed by atoms with Gasteiger partial charge in [-0.15, -0.1) is 0 Å². The second-order valence-corrected chi connectivity index (χ2v) is 4.89. The van der Waals surface area contributed by atoms with Crippen molar-refractivity contribution in [1.82, 2.24) is 9.55 Å². The Morgan fingerprint density at radius 3 is 2.52 bits per heavy atom. The van der Waals surface area contributed by atoms with Crippen molar-refractivity contribution < 1.29 is 14.6 Å². The predicted molar refractivity (Wildman–Crippen MR) is 78.7 cm³/mol. The molecule has 1 aromatic heterocycles. The highest BCUT2D eigenvalue weighted by atomic mass is 19.1. The van der Waals surface area contributed by atoms with Crippen molar-refractivity contribution in [3.8, 4) is 22.9 Å². The van der Waals surface area contributed by atoms with Crippen LogP contribution in [0.25, 0.3) is 22.4 Å². The summed E-state index contributed by atoms with van der Waals surface area (Å²) in [7, 11) is 0. The van der Waals surface area contributed by atoms with Crippen molar-refractivity contribution in [2.45, 2.75) is 19.9 Å². The summed E-state index contributed by atoms with van der Waals surface area (Å²) < 4.78 is 15.3. The molecular formula is C16H15FN2O2. The quantitative estimate of drug-likeness (QED) is 0.772. The van der Waals surface area contributed by atoms with E-state index in [1.54, 1.807) is 12.1 Å². The summed E-state index contributed by atoms with van der Waals surface area (Å²) in [5.74, 6) is -0.0315. The summed E-state index contributed by atoms with van der Waals surface area (Å²) in [6, 6.07) is 8.93. The number of aryl methyl sites for hydroxylation is 1. The van der Waals surface area contributed by atoms with Crippen molar-refractivity contribution in [2.24, 2.45) is 0 Å². The van der Waals surface area contributed by atoms with Gasteiger partial charge in [0.1, 0.15) is 28.7 Å². The lowest BCUT2D eigenvalue weighted by Gasteiger charge is -2.10. The molecule has 0 aliphatic rings. The van der Waals surface area contributed by atoms with Crippen LogP contribution in [0.5, 0.6) is 11.5 Å². The first kappa shape index (κ1) is 13.4. The van der Waals surface area contributed by atoms with E-state index in [2.05, 4.69) is 4.98 Å². The Kier molecular flexibility index (Phi) is 3.25. The molecule has 0 spiro atoms. The SMILES string of the molecule is CCCn1c(-c2c(O)cccc2O)nc2cc(F)ccc21. The van der Waals surface area contributed by atoms with E-state index in [0.29, 0.717) is 17.9 Å². The molecule has 0 fully saturated rings. The number of fused-ring (bicyclic) bond motifs is 1. The zero-order valence-corrected chi connectivity index (χ0v) is 11.5. The van der Waals surface area contributed by atoms with Crippen LogP contribution in [0.15, 0.2) is 36.4 Å². The van der Waals surface area contributed by atoms with Gasteiger partial charge in [0, 0.05) is 12.6 Å². The van der Waals surface area contributed by atoms with Gasteiger partial charge in [0.25, 0.3) is 0 Å². The first-order chi connectivity index (χ1) is 10.1. The highest BCUT2D eigenvalue weighted by Crippen LogP contribution is 2.38. The van der Waals surface area contributed by atoms with Crippen molar-refractivity contribution in [1.29, 1.82) is 0 Å². The van der Waals surface area contributed by atoms with Gasteiger partial charge < -0.3 is 14.8 Å². The number of aromatic nitrogens is 2. The molecule has 108 valence electrons. The summed E-state index contributed by atoms with van der Waals surface area (Å²) in [5, 5.41) is 20.1. The molecule has 0 aliphatic heterocycles. The fraction of sp³-hybridized carbons (Fsp3) is 0.188. The standard InChI is InChI=1S/C16H15FN2O2/c1-2-8-19-12-7-6-10(17)9-11(12)18-16(19)15-13(20)4-3-5-14(15)21/h3-7,9,20-21H,2,8H2,1H3. The van der Waals surface area contributed by atoms with Crippen LogP contribution in [0.2, 0.25) is 0 Å². The van der Waals surface area contributed by atoms with Gasteiger partial charge in [-0.3, -0.25) is 0 Å². The lowest BCUT2D eigenvalue weighted by Crippen LogP contribution is -2.00. The van der Waals surface area contributed by atoms with Crippen LogP contribution in [0.3, 0.4) is 0 Å². The van der Waals surface area contributed by atoms with Crippen molar-refractivity contribution in [3.05, 3.63) is 42.2 Å². The van der Waals surface area contributed by atoms with E-state index in [9.17, 15) is 14.6 Å². The second kappa shape index (κ2) is 5.09. The number of halogens is 1. The van der Waals surface area contributed by atoms with E-state index in [1.807, 2.05) is 11.5 Å². The summed E-state index contributed by atoms with van der Waals surface area (Å²) in [5.41, 5.74) is 1.54. The summed E-state index contributed by atoms with van der Waals surface area (Å²) in [4.78, 5) is 4.39. The van der Waals surface area contributed by atoms with E-state index in [1.165, 1.54) is 24.3 Å². The van der Waals surface area contributed by atoms with Crippen LogP contribution < -0.4 is 0 Å². The predicted octanol–water partition coefficient (Wildman–Crippen LogP) is 3.66. The molecule has 1 heterocycles. The Morgan fingerprint density at radius 2 is 1.86 bits per heavy atom. The number of imidazole rings is 1. The van der Waals surface area contributed by atoms with Gasteiger partial charge in [-0.2, -0.15) is 0 Å². The second-order valence-electron chi connectivity index (χ2n) is 4.89. The number of hydrogen-bond acceptors (Lipinski definition) is 3. The topological polar surface area (TPSA) is 58.3 Å². The summed E-state index contributed by atoms with van der Waals surface area (Å²) in [6.07, 6.45) is 0.851. The summed E-state index contributed by atoms with van der Waals surface area (Å²) >= 11 is 0. The minimum absolute atomic E-state index is 0.0527. The molecule has 4 nitrogen and oxygen atoms in total. The average Bonchev–Trinajstić information content (AvgIpc) is 2.77. The largest absolute Gasteiger partial charge is 0.507 e. The van der Waals surface area contributed by atoms with E-state index in [-0.39, 0.29) is 22.9 Å². The van der Waals surface area contributed by atoms with Gasteiger partial charge in [-0.25, -0.2) is 9.37 Å². The zero-order valence-electron chi connectivity index (χ0n) is 11.5. The third-order valence-electron chi connectivity index (χ3n) is 3.40. The van der Waals surface area contributed by atoms with Crippen LogP contribution in [-0.2, 0) is 6.54 Å². The van der Waals surface area contributed by atoms with E-state index in [4.69, 9.17) is 0 Å². The maximum Gasteiger partial charge on any atom is 0.148 e. The molecule has 0 atom stereocenters. The molecule has 5 heteroatoms. The minimum Gasteiger partial charge on any atom is -0.507 e. The number of aromatic hydroxyl groups is 2. The molecule has 0 amide bonds. The monoisotopic (exact) mass is 286 g/mol. The summed E-state index contributed by atoms with van der Waals surface area (Å²) in [6.45, 7) is 2.68. The maximum atomic E-state index is 13.4. The third-order valence-corrected chi connectivity index (χ3v) is 3.40. The Labute approximate surface area is 121 Å². The van der Waals surface area contributed by atoms with Gasteiger partial charge in [-0.05, 0) is 30.7 Å². The number of hydrogen-bond donors (Lipinski definition) is 2. The number of phenols is 2. The van der Waals surface area contributed by atoms with Crippen molar-refractivity contribution >= 4 is 11.0 Å². The molecule has 0 unspecified atom stereocenters. The lowest BCUT2D eigenvalue weighted by atomic mass is 10.1. The Morgan fingerprint density at radius 1 is 1.14 bits per heavy atom. The molecule has 3 rings (SSSR count). The first-order valence-corrected chi connectivity index (χ1v) is 6.79. The Bertz CT molecular complexity index is 791. The zero-order chi connectivity index (χ0) is 15.0. The number of nitrogens with zero attached hydrogens (tertiary/aromatic N) is 2. The molecular weight excluding hydrogens is 271 g/mol. The van der Waals surface area contributed by atoms with E-state index in [0.717, 1.165) is 11.9 Å². The normalized spacial score (nSPS) is 11.1. The number of benzene rings is 2. The van der Waals surface area contributed by atoms with Crippen molar-refractivity contribution in [2.75, 3.05) is 0 Å². The number of rotatable bonds is 3. The molecule has 2 N–H and O–H groups in total. The fourth-order valence-corrected chi connectivity index (χ4v) is 2.50. The highest BCUT2D eigenvalue weighted by Gasteiger charge is 2.18. The van der Waals surface area contributed by atoms with Crippen molar-refractivity contribution in [3.63, 3.8) is 0 Å². The minimum atomic E-state index is -0.364. The lowest BCUT2D eigenvalue weighted by molar-refractivity contribution is 0.452. The van der Waals surface area contributed by atoms with Gasteiger partial charge in [-0.1, -0.05) is 13.0 Å². The first-order valence-electron chi connectivity index (χ1n) is 6.79. The molecule has 2 aromatic carbocycles. The van der Waals surface area contributed by atoms with E-state index >= 15 is 0 Å². The Hall–Kier alpha value is -2.56. The number of phenolic OH excluding ortho intramolecular Hbond substituents is 2. The smallest absolute Gasteiger partial charge is 0.148 e. The van der Waals surface area contributed by atoms with Crippen LogP contribution in [0.4, 0.5) is 4.39 Å². The van der Waals surface area contributed by atoms with Crippen LogP contribution in [-0.4, -0.2) is 19.8 Å². The maximum absolute atomic E-state index is 13.4. The molecule has 0 radical (unpaired) electrons. The molecule has 3 aromatic rings. The Balaban J connectivity index is 2.33. The molecule has 0 bridgehead atoms. The van der Waals surface area contributed by atoms with Crippen LogP contribution >= 0.6 is 0 Å². The molecule has 0 aliphatic carbocycles. The van der Waals surface area contributed by atoms with Gasteiger partial charge >= 0.3 is 0 Å². The van der Waals surface area contributed by atoms with Gasteiger partial charge in [0.15, 0.2) is 0 Å².